The van der Waals surface area contributed by atoms with Gasteiger partial charge >= 0.3 is 0 Å². The van der Waals surface area contributed by atoms with E-state index in [1.54, 1.807) is 5.56 Å². The highest BCUT2D eigenvalue weighted by Gasteiger charge is 2.24. The van der Waals surface area contributed by atoms with Gasteiger partial charge in [0.15, 0.2) is 0 Å². The van der Waals surface area contributed by atoms with Crippen molar-refractivity contribution in [2.75, 3.05) is 13.6 Å². The van der Waals surface area contributed by atoms with Crippen molar-refractivity contribution in [1.82, 2.24) is 10.3 Å². The van der Waals surface area contributed by atoms with E-state index < -0.39 is 0 Å². The fourth-order valence-electron chi connectivity index (χ4n) is 3.32. The number of nitrogens with one attached hydrogen (secondary N) is 2. The van der Waals surface area contributed by atoms with Crippen LogP contribution in [0.2, 0.25) is 0 Å². The third-order valence-corrected chi connectivity index (χ3v) is 4.48. The van der Waals surface area contributed by atoms with Crippen molar-refractivity contribution >= 4 is 10.9 Å². The molecule has 1 aromatic heterocycles. The van der Waals surface area contributed by atoms with Crippen LogP contribution < -0.4 is 5.32 Å². The van der Waals surface area contributed by atoms with Gasteiger partial charge in [0, 0.05) is 29.1 Å². The minimum atomic E-state index is 0.658. The second-order valence-electron chi connectivity index (χ2n) is 5.59. The molecule has 1 heterocycles. The van der Waals surface area contributed by atoms with Gasteiger partial charge in [-0.05, 0) is 56.8 Å². The molecule has 0 saturated carbocycles. The van der Waals surface area contributed by atoms with E-state index in [4.69, 9.17) is 0 Å². The predicted molar refractivity (Wildman–Crippen MR) is 77.4 cm³/mol. The topological polar surface area (TPSA) is 27.8 Å². The Morgan fingerprint density at radius 2 is 2.17 bits per heavy atom. The molecule has 1 aliphatic carbocycles. The van der Waals surface area contributed by atoms with Gasteiger partial charge in [-0.15, -0.1) is 0 Å². The van der Waals surface area contributed by atoms with Crippen LogP contribution in [0.4, 0.5) is 0 Å². The molecule has 1 aliphatic rings. The summed E-state index contributed by atoms with van der Waals surface area (Å²) in [6.45, 7) is 5.50. The van der Waals surface area contributed by atoms with Gasteiger partial charge in [-0.25, -0.2) is 0 Å². The van der Waals surface area contributed by atoms with Gasteiger partial charge in [0.1, 0.15) is 0 Å². The van der Waals surface area contributed by atoms with Crippen molar-refractivity contribution < 1.29 is 0 Å². The van der Waals surface area contributed by atoms with Crippen LogP contribution in [0.1, 0.15) is 41.1 Å². The lowest BCUT2D eigenvalue weighted by atomic mass is 9.86. The SMILES string of the molecule is CNCC1CCCc2c1[nH]c1c(C)c(C)ccc21. The van der Waals surface area contributed by atoms with E-state index in [2.05, 4.69) is 36.3 Å². The van der Waals surface area contributed by atoms with Crippen molar-refractivity contribution in [1.29, 1.82) is 0 Å². The van der Waals surface area contributed by atoms with Crippen LogP contribution in [-0.4, -0.2) is 18.6 Å². The molecule has 2 N–H and O–H groups in total. The molecule has 1 unspecified atom stereocenters. The van der Waals surface area contributed by atoms with Gasteiger partial charge in [0.2, 0.25) is 0 Å². The van der Waals surface area contributed by atoms with Crippen LogP contribution in [0.25, 0.3) is 10.9 Å². The van der Waals surface area contributed by atoms with Gasteiger partial charge in [0.05, 0.1) is 0 Å². The largest absolute Gasteiger partial charge is 0.358 e. The van der Waals surface area contributed by atoms with E-state index in [1.807, 2.05) is 7.05 Å². The smallest absolute Gasteiger partial charge is 0.0491 e. The highest BCUT2D eigenvalue weighted by atomic mass is 14.8. The van der Waals surface area contributed by atoms with E-state index in [-0.39, 0.29) is 0 Å². The Balaban J connectivity index is 2.20. The zero-order valence-corrected chi connectivity index (χ0v) is 11.6. The van der Waals surface area contributed by atoms with Crippen LogP contribution in [0, 0.1) is 13.8 Å². The minimum Gasteiger partial charge on any atom is -0.358 e. The van der Waals surface area contributed by atoms with Crippen molar-refractivity contribution in [3.63, 3.8) is 0 Å². The van der Waals surface area contributed by atoms with Crippen LogP contribution in [0.5, 0.6) is 0 Å². The summed E-state index contributed by atoms with van der Waals surface area (Å²) < 4.78 is 0. The van der Waals surface area contributed by atoms with E-state index in [0.717, 1.165) is 6.54 Å². The highest BCUT2D eigenvalue weighted by molar-refractivity contribution is 5.88. The molecule has 2 aromatic rings. The van der Waals surface area contributed by atoms with Crippen LogP contribution in [0.15, 0.2) is 12.1 Å². The third-order valence-electron chi connectivity index (χ3n) is 4.48. The molecule has 0 radical (unpaired) electrons. The molecule has 0 bridgehead atoms. The van der Waals surface area contributed by atoms with Crippen molar-refractivity contribution in [3.8, 4) is 0 Å². The number of hydrogen-bond acceptors (Lipinski definition) is 1. The summed E-state index contributed by atoms with van der Waals surface area (Å²) in [6.07, 6.45) is 3.86. The maximum absolute atomic E-state index is 3.72. The number of hydrogen-bond donors (Lipinski definition) is 2. The van der Waals surface area contributed by atoms with Crippen LogP contribution >= 0.6 is 0 Å². The Kier molecular flexibility index (Phi) is 2.90. The number of benzene rings is 1. The molecular weight excluding hydrogens is 220 g/mol. The second kappa shape index (κ2) is 4.43. The molecule has 0 fully saturated rings. The summed E-state index contributed by atoms with van der Waals surface area (Å²) in [4.78, 5) is 3.72. The fraction of sp³-hybridized carbons (Fsp3) is 0.500. The summed E-state index contributed by atoms with van der Waals surface area (Å²) in [7, 11) is 2.05. The normalized spacial score (nSPS) is 19.2. The first-order valence-electron chi connectivity index (χ1n) is 6.97. The molecule has 1 aromatic carbocycles. The first-order chi connectivity index (χ1) is 8.72. The molecule has 1 atom stereocenters. The number of aromatic nitrogens is 1. The molecule has 96 valence electrons. The summed E-state index contributed by atoms with van der Waals surface area (Å²) in [5.74, 6) is 0.658. The van der Waals surface area contributed by atoms with E-state index in [1.165, 1.54) is 47.0 Å². The lowest BCUT2D eigenvalue weighted by Gasteiger charge is -2.22. The Bertz CT molecular complexity index is 580. The Morgan fingerprint density at radius 3 is 2.94 bits per heavy atom. The van der Waals surface area contributed by atoms with Gasteiger partial charge in [-0.1, -0.05) is 12.1 Å². The van der Waals surface area contributed by atoms with E-state index in [9.17, 15) is 0 Å². The molecule has 0 amide bonds. The molecule has 18 heavy (non-hydrogen) atoms. The second-order valence-corrected chi connectivity index (χ2v) is 5.59. The standard InChI is InChI=1S/C16H22N2/c1-10-7-8-14-13-6-4-5-12(9-17-3)16(13)18-15(14)11(10)2/h7-8,12,17-18H,4-6,9H2,1-3H3. The van der Waals surface area contributed by atoms with Crippen molar-refractivity contribution in [2.24, 2.45) is 0 Å². The molecular formula is C16H22N2. The number of H-pyrrole nitrogens is 1. The highest BCUT2D eigenvalue weighted by Crippen LogP contribution is 2.37. The molecule has 0 spiro atoms. The number of fused-ring (bicyclic) bond motifs is 3. The number of rotatable bonds is 2. The molecule has 3 rings (SSSR count). The van der Waals surface area contributed by atoms with E-state index >= 15 is 0 Å². The number of likely N-dealkylation sites (N-methyl/N-ethyl adjacent to an activating group) is 1. The molecule has 0 aliphatic heterocycles. The van der Waals surface area contributed by atoms with Crippen molar-refractivity contribution in [3.05, 3.63) is 34.5 Å². The van der Waals surface area contributed by atoms with E-state index in [0.29, 0.717) is 5.92 Å². The van der Waals surface area contributed by atoms with Gasteiger partial charge in [-0.3, -0.25) is 0 Å². The first kappa shape index (κ1) is 11.8. The van der Waals surface area contributed by atoms with Gasteiger partial charge < -0.3 is 10.3 Å². The van der Waals surface area contributed by atoms with Crippen LogP contribution in [0.3, 0.4) is 0 Å². The first-order valence-corrected chi connectivity index (χ1v) is 6.97. The Hall–Kier alpha value is -1.28. The maximum atomic E-state index is 3.72. The van der Waals surface area contributed by atoms with Crippen LogP contribution in [-0.2, 0) is 6.42 Å². The summed E-state index contributed by atoms with van der Waals surface area (Å²) >= 11 is 0. The monoisotopic (exact) mass is 242 g/mol. The average molecular weight is 242 g/mol. The molecule has 2 heteroatoms. The number of aryl methyl sites for hydroxylation is 3. The summed E-state index contributed by atoms with van der Waals surface area (Å²) in [5.41, 5.74) is 7.21. The van der Waals surface area contributed by atoms with Gasteiger partial charge in [-0.2, -0.15) is 0 Å². The van der Waals surface area contributed by atoms with Gasteiger partial charge in [0.25, 0.3) is 0 Å². The number of aromatic amines is 1. The summed E-state index contributed by atoms with van der Waals surface area (Å²) in [5, 5.41) is 4.78. The lowest BCUT2D eigenvalue weighted by Crippen LogP contribution is -2.21. The molecule has 0 saturated heterocycles. The lowest BCUT2D eigenvalue weighted by molar-refractivity contribution is 0.522. The zero-order chi connectivity index (χ0) is 12.7. The Labute approximate surface area is 109 Å². The predicted octanol–water partition coefficient (Wildman–Crippen LogP) is 3.42. The zero-order valence-electron chi connectivity index (χ0n) is 11.6. The third kappa shape index (κ3) is 1.67. The quantitative estimate of drug-likeness (QED) is 0.829. The summed E-state index contributed by atoms with van der Waals surface area (Å²) in [6, 6.07) is 4.56. The minimum absolute atomic E-state index is 0.658. The Morgan fingerprint density at radius 1 is 1.33 bits per heavy atom. The average Bonchev–Trinajstić information content (AvgIpc) is 2.75. The van der Waals surface area contributed by atoms with Crippen molar-refractivity contribution in [2.45, 2.75) is 39.0 Å². The maximum Gasteiger partial charge on any atom is 0.0491 e. The molecule has 2 nitrogen and oxygen atoms in total. The fourth-order valence-corrected chi connectivity index (χ4v) is 3.32.